The van der Waals surface area contributed by atoms with Gasteiger partial charge in [0.05, 0.1) is 12.2 Å². The summed E-state index contributed by atoms with van der Waals surface area (Å²) in [6.45, 7) is 7.29. The lowest BCUT2D eigenvalue weighted by atomic mass is 10.2. The van der Waals surface area contributed by atoms with Crippen LogP contribution in [0.4, 0.5) is 11.6 Å². The number of benzene rings is 1. The quantitative estimate of drug-likeness (QED) is 0.821. The van der Waals surface area contributed by atoms with Crippen molar-refractivity contribution in [2.24, 2.45) is 5.92 Å². The first-order valence-electron chi connectivity index (χ1n) is 7.68. The lowest BCUT2D eigenvalue weighted by molar-refractivity contribution is 0.0948. The number of amides is 1. The van der Waals surface area contributed by atoms with Crippen molar-refractivity contribution in [3.8, 4) is 5.75 Å². The normalized spacial score (nSPS) is 10.4. The molecule has 0 bridgehead atoms. The van der Waals surface area contributed by atoms with Crippen LogP contribution in [0.25, 0.3) is 0 Å². The van der Waals surface area contributed by atoms with Gasteiger partial charge in [-0.3, -0.25) is 4.79 Å². The molecule has 6 heteroatoms. The van der Waals surface area contributed by atoms with Gasteiger partial charge < -0.3 is 15.4 Å². The van der Waals surface area contributed by atoms with Crippen molar-refractivity contribution in [3.63, 3.8) is 0 Å². The molecule has 1 heterocycles. The highest BCUT2D eigenvalue weighted by Gasteiger charge is 2.07. The zero-order valence-corrected chi connectivity index (χ0v) is 13.7. The van der Waals surface area contributed by atoms with Gasteiger partial charge in [-0.25, -0.2) is 9.97 Å². The Bertz CT molecular complexity index is 624. The molecule has 0 spiro atoms. The minimum Gasteiger partial charge on any atom is -0.494 e. The number of aromatic nitrogens is 2. The molecule has 0 saturated carbocycles. The van der Waals surface area contributed by atoms with E-state index in [0.29, 0.717) is 30.6 Å². The van der Waals surface area contributed by atoms with E-state index in [1.807, 2.05) is 45.0 Å². The molecule has 0 aliphatic rings. The highest BCUT2D eigenvalue weighted by Crippen LogP contribution is 2.18. The summed E-state index contributed by atoms with van der Waals surface area (Å²) in [5, 5.41) is 5.91. The van der Waals surface area contributed by atoms with Crippen LogP contribution >= 0.6 is 0 Å². The molecule has 0 fully saturated rings. The first-order valence-corrected chi connectivity index (χ1v) is 7.68. The van der Waals surface area contributed by atoms with Crippen LogP contribution in [0.3, 0.4) is 0 Å². The van der Waals surface area contributed by atoms with Crippen LogP contribution in [0.5, 0.6) is 5.75 Å². The molecule has 1 aromatic carbocycles. The fraction of sp³-hybridized carbons (Fsp3) is 0.353. The number of hydrogen-bond acceptors (Lipinski definition) is 5. The molecule has 2 N–H and O–H groups in total. The summed E-state index contributed by atoms with van der Waals surface area (Å²) in [6, 6.07) is 7.52. The van der Waals surface area contributed by atoms with E-state index in [2.05, 4.69) is 20.6 Å². The third kappa shape index (κ3) is 5.25. The van der Waals surface area contributed by atoms with Gasteiger partial charge in [-0.2, -0.15) is 0 Å². The first kappa shape index (κ1) is 16.7. The monoisotopic (exact) mass is 314 g/mol. The van der Waals surface area contributed by atoms with E-state index in [4.69, 9.17) is 4.74 Å². The maximum atomic E-state index is 11.9. The largest absolute Gasteiger partial charge is 0.494 e. The predicted octanol–water partition coefficient (Wildman–Crippen LogP) is 3.00. The second-order valence-electron chi connectivity index (χ2n) is 5.48. The third-order valence-corrected chi connectivity index (χ3v) is 3.01. The molecular formula is C17H22N4O2. The molecule has 0 unspecified atom stereocenters. The number of rotatable bonds is 7. The summed E-state index contributed by atoms with van der Waals surface area (Å²) in [6.07, 6.45) is 3.03. The van der Waals surface area contributed by atoms with Gasteiger partial charge in [0.2, 0.25) is 5.95 Å². The van der Waals surface area contributed by atoms with E-state index < -0.39 is 0 Å². The Kier molecular flexibility index (Phi) is 5.91. The lowest BCUT2D eigenvalue weighted by Gasteiger charge is -2.08. The van der Waals surface area contributed by atoms with Crippen LogP contribution in [0.1, 0.15) is 31.1 Å². The van der Waals surface area contributed by atoms with Gasteiger partial charge >= 0.3 is 0 Å². The molecule has 0 saturated heterocycles. The zero-order valence-electron chi connectivity index (χ0n) is 13.7. The van der Waals surface area contributed by atoms with Gasteiger partial charge in [0, 0.05) is 24.6 Å². The van der Waals surface area contributed by atoms with E-state index in [1.54, 1.807) is 0 Å². The predicted molar refractivity (Wildman–Crippen MR) is 90.1 cm³/mol. The van der Waals surface area contributed by atoms with Crippen LogP contribution in [0.15, 0.2) is 36.7 Å². The van der Waals surface area contributed by atoms with Gasteiger partial charge in [0.25, 0.3) is 5.91 Å². The van der Waals surface area contributed by atoms with Crippen LogP contribution in [-0.4, -0.2) is 29.0 Å². The number of carbonyl (C=O) groups is 1. The molecule has 0 aliphatic carbocycles. The maximum Gasteiger partial charge on any atom is 0.254 e. The van der Waals surface area contributed by atoms with Crippen LogP contribution < -0.4 is 15.4 Å². The van der Waals surface area contributed by atoms with Crippen LogP contribution in [-0.2, 0) is 0 Å². The minimum absolute atomic E-state index is 0.161. The number of nitrogens with one attached hydrogen (secondary N) is 2. The van der Waals surface area contributed by atoms with Crippen molar-refractivity contribution in [2.75, 3.05) is 18.5 Å². The van der Waals surface area contributed by atoms with Crippen LogP contribution in [0, 0.1) is 5.92 Å². The summed E-state index contributed by atoms with van der Waals surface area (Å²) in [4.78, 5) is 20.2. The summed E-state index contributed by atoms with van der Waals surface area (Å²) >= 11 is 0. The second kappa shape index (κ2) is 8.12. The zero-order chi connectivity index (χ0) is 16.7. The number of nitrogens with zero attached hydrogens (tertiary/aromatic N) is 2. The van der Waals surface area contributed by atoms with Crippen molar-refractivity contribution in [2.45, 2.75) is 20.8 Å². The fourth-order valence-electron chi connectivity index (χ4n) is 1.84. The van der Waals surface area contributed by atoms with Gasteiger partial charge in [0.1, 0.15) is 5.75 Å². The van der Waals surface area contributed by atoms with E-state index in [1.165, 1.54) is 12.4 Å². The Morgan fingerprint density at radius 3 is 2.39 bits per heavy atom. The highest BCUT2D eigenvalue weighted by atomic mass is 16.5. The Labute approximate surface area is 136 Å². The van der Waals surface area contributed by atoms with E-state index in [9.17, 15) is 4.79 Å². The van der Waals surface area contributed by atoms with Crippen molar-refractivity contribution in [1.82, 2.24) is 15.3 Å². The van der Waals surface area contributed by atoms with Crippen LogP contribution in [0.2, 0.25) is 0 Å². The molecule has 1 aromatic heterocycles. The van der Waals surface area contributed by atoms with E-state index in [-0.39, 0.29) is 5.91 Å². The Morgan fingerprint density at radius 1 is 1.17 bits per heavy atom. The first-order chi connectivity index (χ1) is 11.1. The van der Waals surface area contributed by atoms with Crippen molar-refractivity contribution in [1.29, 1.82) is 0 Å². The summed E-state index contributed by atoms with van der Waals surface area (Å²) < 4.78 is 5.39. The van der Waals surface area contributed by atoms with Gasteiger partial charge in [-0.15, -0.1) is 0 Å². The number of ether oxygens (including phenoxy) is 1. The van der Waals surface area contributed by atoms with Gasteiger partial charge in [-0.05, 0) is 37.1 Å². The number of anilines is 2. The second-order valence-corrected chi connectivity index (χ2v) is 5.48. The molecule has 6 nitrogen and oxygen atoms in total. The molecule has 2 rings (SSSR count). The molecule has 0 atom stereocenters. The molecule has 0 radical (unpaired) electrons. The summed E-state index contributed by atoms with van der Waals surface area (Å²) in [7, 11) is 0. The van der Waals surface area contributed by atoms with Gasteiger partial charge in [0.15, 0.2) is 0 Å². The fourth-order valence-corrected chi connectivity index (χ4v) is 1.84. The highest BCUT2D eigenvalue weighted by molar-refractivity contribution is 5.93. The summed E-state index contributed by atoms with van der Waals surface area (Å²) in [5.74, 6) is 1.50. The molecule has 1 amide bonds. The Morgan fingerprint density at radius 2 is 1.83 bits per heavy atom. The lowest BCUT2D eigenvalue weighted by Crippen LogP contribution is -2.27. The van der Waals surface area contributed by atoms with Crippen molar-refractivity contribution >= 4 is 17.5 Å². The number of hydrogen-bond donors (Lipinski definition) is 2. The van der Waals surface area contributed by atoms with Gasteiger partial charge in [-0.1, -0.05) is 13.8 Å². The van der Waals surface area contributed by atoms with E-state index >= 15 is 0 Å². The Balaban J connectivity index is 1.95. The topological polar surface area (TPSA) is 76.1 Å². The Hall–Kier alpha value is -2.63. The molecule has 2 aromatic rings. The average Bonchev–Trinajstić information content (AvgIpc) is 2.55. The van der Waals surface area contributed by atoms with Crippen molar-refractivity contribution in [3.05, 3.63) is 42.2 Å². The smallest absolute Gasteiger partial charge is 0.254 e. The number of carbonyl (C=O) groups excluding carboxylic acids is 1. The molecule has 23 heavy (non-hydrogen) atoms. The van der Waals surface area contributed by atoms with Crippen molar-refractivity contribution < 1.29 is 9.53 Å². The molecule has 122 valence electrons. The standard InChI is InChI=1S/C17H22N4O2/c1-4-23-15-7-5-14(6-8-15)21-17-19-10-13(11-20-17)16(22)18-9-12(2)3/h5-8,10-12H,4,9H2,1-3H3,(H,18,22)(H,19,20,21). The third-order valence-electron chi connectivity index (χ3n) is 3.01. The minimum atomic E-state index is -0.161. The SMILES string of the molecule is CCOc1ccc(Nc2ncc(C(=O)NCC(C)C)cn2)cc1. The van der Waals surface area contributed by atoms with E-state index in [0.717, 1.165) is 11.4 Å². The molecule has 0 aliphatic heterocycles. The molecular weight excluding hydrogens is 292 g/mol. The average molecular weight is 314 g/mol. The summed E-state index contributed by atoms with van der Waals surface area (Å²) in [5.41, 5.74) is 1.30. The maximum absolute atomic E-state index is 11.9.